The van der Waals surface area contributed by atoms with Crippen LogP contribution in [-0.4, -0.2) is 34.5 Å². The van der Waals surface area contributed by atoms with Gasteiger partial charge in [0.1, 0.15) is 6.54 Å². The maximum Gasteiger partial charge on any atom is 0.323 e. The number of carboxylic acids is 1. The van der Waals surface area contributed by atoms with Gasteiger partial charge >= 0.3 is 5.97 Å². The van der Waals surface area contributed by atoms with Crippen LogP contribution in [0.25, 0.3) is 6.08 Å². The number of benzene rings is 1. The number of carbonyl (C=O) groups is 2. The molecule has 0 aromatic heterocycles. The van der Waals surface area contributed by atoms with Crippen molar-refractivity contribution < 1.29 is 14.7 Å². The summed E-state index contributed by atoms with van der Waals surface area (Å²) < 4.78 is 0. The molecule has 1 N–H and O–H groups in total. The molecule has 4 heteroatoms. The molecule has 0 aliphatic heterocycles. The summed E-state index contributed by atoms with van der Waals surface area (Å²) in [6, 6.07) is 10.0. The van der Waals surface area contributed by atoms with Gasteiger partial charge in [-0.25, -0.2) is 0 Å². The third-order valence-electron chi connectivity index (χ3n) is 3.25. The van der Waals surface area contributed by atoms with Crippen molar-refractivity contribution in [2.45, 2.75) is 31.7 Å². The fourth-order valence-corrected chi connectivity index (χ4v) is 2.09. The molecule has 2 rings (SSSR count). The highest BCUT2D eigenvalue weighted by atomic mass is 16.4. The number of allylic oxidation sites excluding steroid dienone is 1. The number of carbonyl (C=O) groups excluding carboxylic acids is 1. The zero-order valence-electron chi connectivity index (χ0n) is 11.4. The second-order valence-electron chi connectivity index (χ2n) is 5.00. The van der Waals surface area contributed by atoms with E-state index in [1.165, 1.54) is 4.90 Å². The quantitative estimate of drug-likeness (QED) is 0.830. The van der Waals surface area contributed by atoms with E-state index in [1.54, 1.807) is 0 Å². The zero-order valence-corrected chi connectivity index (χ0v) is 11.4. The predicted molar refractivity (Wildman–Crippen MR) is 77.1 cm³/mol. The Morgan fingerprint density at radius 1 is 1.25 bits per heavy atom. The van der Waals surface area contributed by atoms with Crippen molar-refractivity contribution in [2.75, 3.05) is 6.54 Å². The lowest BCUT2D eigenvalue weighted by Crippen LogP contribution is -2.37. The zero-order chi connectivity index (χ0) is 14.4. The van der Waals surface area contributed by atoms with Gasteiger partial charge in [0.25, 0.3) is 0 Å². The summed E-state index contributed by atoms with van der Waals surface area (Å²) in [4.78, 5) is 24.3. The monoisotopic (exact) mass is 273 g/mol. The van der Waals surface area contributed by atoms with E-state index in [4.69, 9.17) is 5.11 Å². The van der Waals surface area contributed by atoms with Crippen LogP contribution in [-0.2, 0) is 9.59 Å². The number of aliphatic carboxylic acids is 1. The molecule has 0 heterocycles. The van der Waals surface area contributed by atoms with E-state index in [2.05, 4.69) is 0 Å². The molecule has 0 saturated heterocycles. The molecule has 1 aliphatic rings. The van der Waals surface area contributed by atoms with E-state index in [0.717, 1.165) is 18.4 Å². The maximum atomic E-state index is 12.0. The largest absolute Gasteiger partial charge is 0.480 e. The first-order valence-electron chi connectivity index (χ1n) is 6.89. The Morgan fingerprint density at radius 2 is 1.95 bits per heavy atom. The summed E-state index contributed by atoms with van der Waals surface area (Å²) in [5, 5.41) is 8.82. The molecular weight excluding hydrogens is 254 g/mol. The third kappa shape index (κ3) is 4.53. The minimum Gasteiger partial charge on any atom is -0.480 e. The van der Waals surface area contributed by atoms with Crippen molar-refractivity contribution in [1.82, 2.24) is 4.90 Å². The van der Waals surface area contributed by atoms with Crippen molar-refractivity contribution in [3.63, 3.8) is 0 Å². The van der Waals surface area contributed by atoms with Crippen LogP contribution in [0.15, 0.2) is 36.4 Å². The molecule has 1 aromatic rings. The van der Waals surface area contributed by atoms with Crippen LogP contribution < -0.4 is 0 Å². The molecule has 20 heavy (non-hydrogen) atoms. The van der Waals surface area contributed by atoms with Crippen LogP contribution in [0.2, 0.25) is 0 Å². The lowest BCUT2D eigenvalue weighted by Gasteiger charge is -2.19. The van der Waals surface area contributed by atoms with Crippen LogP contribution in [0.5, 0.6) is 0 Å². The smallest absolute Gasteiger partial charge is 0.323 e. The van der Waals surface area contributed by atoms with Crippen molar-refractivity contribution in [3.8, 4) is 0 Å². The highest BCUT2D eigenvalue weighted by Crippen LogP contribution is 2.27. The summed E-state index contributed by atoms with van der Waals surface area (Å²) in [6.45, 7) is -0.175. The number of rotatable bonds is 7. The van der Waals surface area contributed by atoms with Gasteiger partial charge in [0.05, 0.1) is 0 Å². The third-order valence-corrected chi connectivity index (χ3v) is 3.25. The van der Waals surface area contributed by atoms with E-state index in [0.29, 0.717) is 12.8 Å². The topological polar surface area (TPSA) is 57.6 Å². The van der Waals surface area contributed by atoms with E-state index in [1.807, 2.05) is 42.5 Å². The average Bonchev–Trinajstić information content (AvgIpc) is 3.26. The number of amides is 1. The molecule has 1 aromatic carbocycles. The summed E-state index contributed by atoms with van der Waals surface area (Å²) in [7, 11) is 0. The molecule has 1 amide bonds. The highest BCUT2D eigenvalue weighted by Gasteiger charge is 2.33. The molecule has 106 valence electrons. The van der Waals surface area contributed by atoms with Crippen LogP contribution >= 0.6 is 0 Å². The molecule has 0 atom stereocenters. The van der Waals surface area contributed by atoms with Crippen LogP contribution in [0, 0.1) is 0 Å². The van der Waals surface area contributed by atoms with E-state index < -0.39 is 5.97 Å². The van der Waals surface area contributed by atoms with Crippen molar-refractivity contribution in [1.29, 1.82) is 0 Å². The molecule has 4 nitrogen and oxygen atoms in total. The molecule has 0 unspecified atom stereocenters. The molecule has 1 fully saturated rings. The van der Waals surface area contributed by atoms with Crippen molar-refractivity contribution in [2.24, 2.45) is 0 Å². The maximum absolute atomic E-state index is 12.0. The van der Waals surface area contributed by atoms with Crippen LogP contribution in [0.3, 0.4) is 0 Å². The second-order valence-corrected chi connectivity index (χ2v) is 5.00. The Kier molecular flexibility index (Phi) is 4.93. The minimum absolute atomic E-state index is 0.0624. The summed E-state index contributed by atoms with van der Waals surface area (Å²) in [5.41, 5.74) is 1.10. The molecular formula is C16H19NO3. The molecule has 0 bridgehead atoms. The highest BCUT2D eigenvalue weighted by molar-refractivity contribution is 5.82. The van der Waals surface area contributed by atoms with E-state index >= 15 is 0 Å². The Labute approximate surface area is 118 Å². The normalized spacial score (nSPS) is 14.4. The van der Waals surface area contributed by atoms with Gasteiger partial charge in [0.15, 0.2) is 0 Å². The Hall–Kier alpha value is -2.10. The first-order chi connectivity index (χ1) is 9.66. The number of hydrogen-bond acceptors (Lipinski definition) is 2. The van der Waals surface area contributed by atoms with Crippen molar-refractivity contribution >= 4 is 18.0 Å². The fraction of sp³-hybridized carbons (Fsp3) is 0.375. The molecule has 0 radical (unpaired) electrons. The average molecular weight is 273 g/mol. The van der Waals surface area contributed by atoms with Gasteiger partial charge in [-0.15, -0.1) is 0 Å². The second kappa shape index (κ2) is 6.89. The summed E-state index contributed by atoms with van der Waals surface area (Å²) in [5.74, 6) is -1.00. The lowest BCUT2D eigenvalue weighted by molar-refractivity contribution is -0.144. The molecule has 1 saturated carbocycles. The summed E-state index contributed by atoms with van der Waals surface area (Å²) in [6.07, 6.45) is 6.80. The van der Waals surface area contributed by atoms with Gasteiger partial charge in [-0.3, -0.25) is 9.59 Å². The van der Waals surface area contributed by atoms with Crippen LogP contribution in [0.4, 0.5) is 0 Å². The first-order valence-corrected chi connectivity index (χ1v) is 6.89. The van der Waals surface area contributed by atoms with Crippen molar-refractivity contribution in [3.05, 3.63) is 42.0 Å². The van der Waals surface area contributed by atoms with Gasteiger partial charge in [0.2, 0.25) is 5.91 Å². The Morgan fingerprint density at radius 3 is 2.55 bits per heavy atom. The SMILES string of the molecule is O=C(O)CN(C(=O)CC/C=C/c1ccccc1)C1CC1. The number of nitrogens with zero attached hydrogens (tertiary/aromatic N) is 1. The van der Waals surface area contributed by atoms with Crippen LogP contribution in [0.1, 0.15) is 31.2 Å². The number of carboxylic acid groups (broad SMARTS) is 1. The minimum atomic E-state index is -0.940. The Bertz CT molecular complexity index is 492. The predicted octanol–water partition coefficient (Wildman–Crippen LogP) is 2.56. The summed E-state index contributed by atoms with van der Waals surface area (Å²) >= 11 is 0. The van der Waals surface area contributed by atoms with Gasteiger partial charge in [-0.05, 0) is 24.8 Å². The van der Waals surface area contributed by atoms with E-state index in [9.17, 15) is 9.59 Å². The van der Waals surface area contributed by atoms with E-state index in [-0.39, 0.29) is 18.5 Å². The molecule has 1 aliphatic carbocycles. The number of hydrogen-bond donors (Lipinski definition) is 1. The first kappa shape index (κ1) is 14.3. The van der Waals surface area contributed by atoms with Gasteiger partial charge < -0.3 is 10.0 Å². The fourth-order valence-electron chi connectivity index (χ4n) is 2.09. The van der Waals surface area contributed by atoms with Gasteiger partial charge in [-0.1, -0.05) is 42.5 Å². The van der Waals surface area contributed by atoms with Gasteiger partial charge in [0, 0.05) is 12.5 Å². The molecule has 0 spiro atoms. The Balaban J connectivity index is 1.79. The van der Waals surface area contributed by atoms with Gasteiger partial charge in [-0.2, -0.15) is 0 Å². The lowest BCUT2D eigenvalue weighted by atomic mass is 10.2. The standard InChI is InChI=1S/C16H19NO3/c18-15(17(12-16(19)20)14-10-11-14)9-5-4-8-13-6-2-1-3-7-13/h1-4,6-8,14H,5,9-12H2,(H,19,20)/b8-4+.